The average molecular weight is 385 g/mol. The van der Waals surface area contributed by atoms with Crippen molar-refractivity contribution in [2.75, 3.05) is 11.9 Å². The zero-order valence-corrected chi connectivity index (χ0v) is 15.2. The van der Waals surface area contributed by atoms with Crippen LogP contribution in [-0.4, -0.2) is 26.6 Å². The fraction of sp³-hybridized carbons (Fsp3) is 0.250. The van der Waals surface area contributed by atoms with Crippen LogP contribution >= 0.6 is 11.6 Å². The number of hydrogen-bond donors (Lipinski definition) is 2. The first-order valence-corrected chi connectivity index (χ1v) is 9.16. The summed E-state index contributed by atoms with van der Waals surface area (Å²) in [5.41, 5.74) is 3.47. The van der Waals surface area contributed by atoms with Gasteiger partial charge in [-0.1, -0.05) is 17.7 Å². The first-order chi connectivity index (χ1) is 13.1. The van der Waals surface area contributed by atoms with Crippen LogP contribution in [-0.2, 0) is 12.8 Å². The van der Waals surface area contributed by atoms with Gasteiger partial charge in [-0.3, -0.25) is 4.98 Å². The number of nitrogens with zero attached hydrogens (tertiary/aromatic N) is 3. The molecule has 0 fully saturated rings. The number of aryl methyl sites for hydroxylation is 1. The van der Waals surface area contributed by atoms with E-state index in [1.54, 1.807) is 18.5 Å². The number of benzene rings is 1. The minimum absolute atomic E-state index is 0.0366. The fourth-order valence-electron chi connectivity index (χ4n) is 3.24. The Morgan fingerprint density at radius 1 is 1.15 bits per heavy atom. The van der Waals surface area contributed by atoms with Gasteiger partial charge in [-0.2, -0.15) is 0 Å². The van der Waals surface area contributed by atoms with Crippen molar-refractivity contribution in [3.63, 3.8) is 0 Å². The van der Waals surface area contributed by atoms with Crippen LogP contribution in [0.4, 0.5) is 10.2 Å². The molecule has 2 aromatic heterocycles. The van der Waals surface area contributed by atoms with Gasteiger partial charge in [0.2, 0.25) is 0 Å². The summed E-state index contributed by atoms with van der Waals surface area (Å²) >= 11 is 5.70. The van der Waals surface area contributed by atoms with E-state index in [-0.39, 0.29) is 11.6 Å². The third-order valence-corrected chi connectivity index (χ3v) is 4.97. The summed E-state index contributed by atoms with van der Waals surface area (Å²) in [5.74, 6) is 0.807. The molecule has 2 heterocycles. The Labute approximate surface area is 161 Å². The molecule has 1 aromatic carbocycles. The van der Waals surface area contributed by atoms with Crippen molar-refractivity contribution in [2.45, 2.75) is 25.4 Å². The molecule has 0 spiro atoms. The Morgan fingerprint density at radius 2 is 1.96 bits per heavy atom. The molecule has 2 N–H and O–H groups in total. The molecule has 7 heteroatoms. The second-order valence-electron chi connectivity index (χ2n) is 6.48. The largest absolute Gasteiger partial charge is 0.387 e. The average Bonchev–Trinajstić information content (AvgIpc) is 3.17. The summed E-state index contributed by atoms with van der Waals surface area (Å²) < 4.78 is 13.6. The zero-order valence-electron chi connectivity index (χ0n) is 14.5. The van der Waals surface area contributed by atoms with E-state index in [2.05, 4.69) is 20.3 Å². The minimum atomic E-state index is -0.881. The second-order valence-corrected chi connectivity index (χ2v) is 6.89. The van der Waals surface area contributed by atoms with E-state index >= 15 is 0 Å². The maximum Gasteiger partial charge on any atom is 0.161 e. The lowest BCUT2D eigenvalue weighted by Crippen LogP contribution is -2.15. The van der Waals surface area contributed by atoms with Crippen LogP contribution < -0.4 is 5.32 Å². The van der Waals surface area contributed by atoms with Gasteiger partial charge in [0, 0.05) is 35.8 Å². The molecule has 1 aliphatic rings. The minimum Gasteiger partial charge on any atom is -0.387 e. The van der Waals surface area contributed by atoms with Crippen LogP contribution in [0.15, 0.2) is 42.7 Å². The smallest absolute Gasteiger partial charge is 0.161 e. The van der Waals surface area contributed by atoms with Gasteiger partial charge in [0.25, 0.3) is 0 Å². The Morgan fingerprint density at radius 3 is 2.74 bits per heavy atom. The normalized spacial score (nSPS) is 14.0. The molecular weight excluding hydrogens is 367 g/mol. The molecule has 0 amide bonds. The summed E-state index contributed by atoms with van der Waals surface area (Å²) in [5, 5.41) is 13.7. The highest BCUT2D eigenvalue weighted by Crippen LogP contribution is 2.29. The van der Waals surface area contributed by atoms with Crippen molar-refractivity contribution in [3.8, 4) is 11.4 Å². The zero-order chi connectivity index (χ0) is 18.8. The second kappa shape index (κ2) is 7.58. The van der Waals surface area contributed by atoms with Gasteiger partial charge in [-0.25, -0.2) is 14.4 Å². The number of nitrogens with one attached hydrogen (secondary N) is 1. The molecule has 0 bridgehead atoms. The van der Waals surface area contributed by atoms with Crippen molar-refractivity contribution in [1.29, 1.82) is 0 Å². The van der Waals surface area contributed by atoms with Crippen LogP contribution in [0.25, 0.3) is 11.4 Å². The van der Waals surface area contributed by atoms with Crippen LogP contribution in [0.1, 0.15) is 29.3 Å². The summed E-state index contributed by atoms with van der Waals surface area (Å²) in [6, 6.07) is 8.04. The molecule has 0 saturated carbocycles. The molecule has 0 radical (unpaired) electrons. The fourth-order valence-corrected chi connectivity index (χ4v) is 3.36. The molecular formula is C20H18ClFN4O. The lowest BCUT2D eigenvalue weighted by Gasteiger charge is -2.16. The SMILES string of the molecule is OC(CNc1nc(-c2ccncc2)nc2c1CCC2)c1ccc(Cl)c(F)c1. The lowest BCUT2D eigenvalue weighted by atomic mass is 10.1. The molecule has 1 aliphatic carbocycles. The number of anilines is 1. The summed E-state index contributed by atoms with van der Waals surface area (Å²) in [7, 11) is 0. The van der Waals surface area contributed by atoms with Gasteiger partial charge in [-0.05, 0) is 49.1 Å². The van der Waals surface area contributed by atoms with Crippen molar-refractivity contribution in [3.05, 3.63) is 70.4 Å². The number of aliphatic hydroxyl groups excluding tert-OH is 1. The monoisotopic (exact) mass is 384 g/mol. The van der Waals surface area contributed by atoms with Crippen molar-refractivity contribution < 1.29 is 9.50 Å². The molecule has 1 unspecified atom stereocenters. The van der Waals surface area contributed by atoms with Crippen LogP contribution in [0.3, 0.4) is 0 Å². The Hall–Kier alpha value is -2.57. The summed E-state index contributed by atoms with van der Waals surface area (Å²) in [6.07, 6.45) is 5.38. The molecule has 0 aliphatic heterocycles. The molecule has 4 rings (SSSR count). The van der Waals surface area contributed by atoms with Crippen LogP contribution in [0.2, 0.25) is 5.02 Å². The Kier molecular flexibility index (Phi) is 5.01. The van der Waals surface area contributed by atoms with E-state index < -0.39 is 11.9 Å². The van der Waals surface area contributed by atoms with E-state index in [0.717, 1.165) is 41.9 Å². The van der Waals surface area contributed by atoms with Gasteiger partial charge >= 0.3 is 0 Å². The summed E-state index contributed by atoms with van der Waals surface area (Å²) in [4.78, 5) is 13.4. The van der Waals surface area contributed by atoms with E-state index in [4.69, 9.17) is 11.6 Å². The van der Waals surface area contributed by atoms with Crippen LogP contribution in [0, 0.1) is 5.82 Å². The quantitative estimate of drug-likeness (QED) is 0.696. The highest BCUT2D eigenvalue weighted by molar-refractivity contribution is 6.30. The van der Waals surface area contributed by atoms with Crippen molar-refractivity contribution >= 4 is 17.4 Å². The molecule has 5 nitrogen and oxygen atoms in total. The van der Waals surface area contributed by atoms with Gasteiger partial charge in [-0.15, -0.1) is 0 Å². The highest BCUT2D eigenvalue weighted by Gasteiger charge is 2.21. The highest BCUT2D eigenvalue weighted by atomic mass is 35.5. The number of hydrogen-bond acceptors (Lipinski definition) is 5. The number of aliphatic hydroxyl groups is 1. The van der Waals surface area contributed by atoms with E-state index in [1.807, 2.05) is 12.1 Å². The number of aromatic nitrogens is 3. The van der Waals surface area contributed by atoms with Crippen molar-refractivity contribution in [1.82, 2.24) is 15.0 Å². The van der Waals surface area contributed by atoms with Gasteiger partial charge in [0.15, 0.2) is 5.82 Å². The summed E-state index contributed by atoms with van der Waals surface area (Å²) in [6.45, 7) is 0.209. The van der Waals surface area contributed by atoms with E-state index in [1.165, 1.54) is 12.1 Å². The first kappa shape index (κ1) is 17.8. The Balaban J connectivity index is 1.58. The van der Waals surface area contributed by atoms with Gasteiger partial charge < -0.3 is 10.4 Å². The first-order valence-electron chi connectivity index (χ1n) is 8.79. The topological polar surface area (TPSA) is 70.9 Å². The molecule has 1 atom stereocenters. The maximum atomic E-state index is 13.6. The van der Waals surface area contributed by atoms with Gasteiger partial charge in [0.1, 0.15) is 11.6 Å². The molecule has 3 aromatic rings. The van der Waals surface area contributed by atoms with E-state index in [9.17, 15) is 9.50 Å². The number of pyridine rings is 1. The molecule has 27 heavy (non-hydrogen) atoms. The predicted molar refractivity (Wildman–Crippen MR) is 102 cm³/mol. The number of rotatable bonds is 5. The Bertz CT molecular complexity index is 968. The maximum absolute atomic E-state index is 13.6. The predicted octanol–water partition coefficient (Wildman–Crippen LogP) is 3.97. The lowest BCUT2D eigenvalue weighted by molar-refractivity contribution is 0.191. The molecule has 0 saturated heterocycles. The number of fused-ring (bicyclic) bond motifs is 1. The van der Waals surface area contributed by atoms with E-state index in [0.29, 0.717) is 11.4 Å². The van der Waals surface area contributed by atoms with Crippen LogP contribution in [0.5, 0.6) is 0 Å². The number of halogens is 2. The third-order valence-electron chi connectivity index (χ3n) is 4.66. The van der Waals surface area contributed by atoms with Gasteiger partial charge in [0.05, 0.1) is 11.1 Å². The van der Waals surface area contributed by atoms with Crippen molar-refractivity contribution in [2.24, 2.45) is 0 Å². The third kappa shape index (κ3) is 3.77. The standard InChI is InChI=1S/C20H18ClFN4O/c21-15-5-4-13(10-16(15)22)18(27)11-24-20-14-2-1-3-17(14)25-19(26-20)12-6-8-23-9-7-12/h4-10,18,27H,1-3,11H2,(H,24,25,26). The molecule has 138 valence electrons.